The molecule has 0 saturated carbocycles. The molecule has 0 unspecified atom stereocenters. The molecular weight excluding hydrogens is 363 g/mol. The Morgan fingerprint density at radius 1 is 1.22 bits per heavy atom. The largest absolute Gasteiger partial charge is 0.461 e. The van der Waals surface area contributed by atoms with Crippen molar-refractivity contribution in [1.82, 2.24) is 4.57 Å². The Morgan fingerprint density at radius 2 is 2.04 bits per heavy atom. The molecular formula is C21H19FN2O2S. The maximum Gasteiger partial charge on any atom is 0.355 e. The summed E-state index contributed by atoms with van der Waals surface area (Å²) < 4.78 is 22.0. The summed E-state index contributed by atoms with van der Waals surface area (Å²) in [5.41, 5.74) is 9.10. The standard InChI is InChI=1S/C21H19FN2O2S/c1-2-26-21(25)20-17(10-23)15-5-3-4-6-18(15)24(20)11-13-12-27-19-8-7-14(22)9-16(13)19/h3-9,12H,2,10-11,23H2,1H3. The van der Waals surface area contributed by atoms with Crippen molar-refractivity contribution in [3.05, 3.63) is 70.5 Å². The van der Waals surface area contributed by atoms with Crippen molar-refractivity contribution in [2.45, 2.75) is 20.0 Å². The van der Waals surface area contributed by atoms with Gasteiger partial charge in [-0.05, 0) is 42.1 Å². The maximum absolute atomic E-state index is 13.8. The molecule has 0 atom stereocenters. The zero-order valence-electron chi connectivity index (χ0n) is 14.9. The lowest BCUT2D eigenvalue weighted by Gasteiger charge is -2.11. The van der Waals surface area contributed by atoms with Gasteiger partial charge in [0.25, 0.3) is 0 Å². The molecule has 0 aliphatic heterocycles. The average Bonchev–Trinajstić information content (AvgIpc) is 3.21. The summed E-state index contributed by atoms with van der Waals surface area (Å²) in [6.45, 7) is 2.75. The summed E-state index contributed by atoms with van der Waals surface area (Å²) in [5.74, 6) is -0.660. The molecule has 0 saturated heterocycles. The molecule has 0 amide bonds. The van der Waals surface area contributed by atoms with E-state index in [4.69, 9.17) is 10.5 Å². The minimum atomic E-state index is -0.389. The van der Waals surface area contributed by atoms with E-state index in [2.05, 4.69) is 0 Å². The van der Waals surface area contributed by atoms with Crippen LogP contribution in [0.3, 0.4) is 0 Å². The predicted molar refractivity (Wildman–Crippen MR) is 107 cm³/mol. The summed E-state index contributed by atoms with van der Waals surface area (Å²) >= 11 is 1.56. The lowest BCUT2D eigenvalue weighted by Crippen LogP contribution is -2.16. The molecule has 0 aliphatic carbocycles. The highest BCUT2D eigenvalue weighted by Gasteiger charge is 2.23. The fourth-order valence-corrected chi connectivity index (χ4v) is 4.46. The van der Waals surface area contributed by atoms with Crippen LogP contribution in [0.4, 0.5) is 4.39 Å². The smallest absolute Gasteiger partial charge is 0.355 e. The van der Waals surface area contributed by atoms with Gasteiger partial charge < -0.3 is 15.0 Å². The second-order valence-electron chi connectivity index (χ2n) is 6.26. The van der Waals surface area contributed by atoms with Crippen LogP contribution in [0.2, 0.25) is 0 Å². The molecule has 0 radical (unpaired) electrons. The molecule has 4 nitrogen and oxygen atoms in total. The fraction of sp³-hybridized carbons (Fsp3) is 0.190. The minimum Gasteiger partial charge on any atom is -0.461 e. The fourth-order valence-electron chi connectivity index (χ4n) is 3.53. The summed E-state index contributed by atoms with van der Waals surface area (Å²) in [5, 5.41) is 3.81. The summed E-state index contributed by atoms with van der Waals surface area (Å²) in [6, 6.07) is 12.6. The number of ether oxygens (including phenoxy) is 1. The second-order valence-corrected chi connectivity index (χ2v) is 7.17. The molecule has 4 aromatic rings. The van der Waals surface area contributed by atoms with Gasteiger partial charge in [-0.3, -0.25) is 0 Å². The Labute approximate surface area is 160 Å². The van der Waals surface area contributed by atoms with Crippen LogP contribution in [-0.2, 0) is 17.8 Å². The van der Waals surface area contributed by atoms with Crippen LogP contribution in [0.15, 0.2) is 47.8 Å². The number of carbonyl (C=O) groups is 1. The maximum atomic E-state index is 13.8. The van der Waals surface area contributed by atoms with Crippen molar-refractivity contribution in [2.24, 2.45) is 5.73 Å². The Bertz CT molecular complexity index is 1150. The van der Waals surface area contributed by atoms with Gasteiger partial charge in [-0.1, -0.05) is 18.2 Å². The predicted octanol–water partition coefficient (Wildman–Crippen LogP) is 4.68. The molecule has 0 fully saturated rings. The van der Waals surface area contributed by atoms with Crippen molar-refractivity contribution in [2.75, 3.05) is 6.61 Å². The van der Waals surface area contributed by atoms with Gasteiger partial charge in [0.2, 0.25) is 0 Å². The number of aromatic nitrogens is 1. The average molecular weight is 382 g/mol. The molecule has 6 heteroatoms. The Hall–Kier alpha value is -2.70. The number of benzene rings is 2. The SMILES string of the molecule is CCOC(=O)c1c(CN)c2ccccc2n1Cc1csc2ccc(F)cc12. The Morgan fingerprint density at radius 3 is 2.81 bits per heavy atom. The third-order valence-corrected chi connectivity index (χ3v) is 5.71. The molecule has 0 spiro atoms. The number of rotatable bonds is 5. The first-order valence-electron chi connectivity index (χ1n) is 8.77. The van der Waals surface area contributed by atoms with Crippen LogP contribution in [0.25, 0.3) is 21.0 Å². The lowest BCUT2D eigenvalue weighted by molar-refractivity contribution is 0.0513. The van der Waals surface area contributed by atoms with Gasteiger partial charge in [0.15, 0.2) is 0 Å². The number of thiophene rings is 1. The number of hydrogen-bond acceptors (Lipinski definition) is 4. The summed E-state index contributed by atoms with van der Waals surface area (Å²) in [7, 11) is 0. The van der Waals surface area contributed by atoms with Crippen molar-refractivity contribution in [3.8, 4) is 0 Å². The molecule has 0 bridgehead atoms. The van der Waals surface area contributed by atoms with Crippen molar-refractivity contribution in [3.63, 3.8) is 0 Å². The minimum absolute atomic E-state index is 0.237. The number of para-hydroxylation sites is 1. The third kappa shape index (κ3) is 3.01. The molecule has 0 aliphatic rings. The monoisotopic (exact) mass is 382 g/mol. The van der Waals surface area contributed by atoms with E-state index in [9.17, 15) is 9.18 Å². The highest BCUT2D eigenvalue weighted by atomic mass is 32.1. The van der Waals surface area contributed by atoms with Crippen LogP contribution in [0.5, 0.6) is 0 Å². The topological polar surface area (TPSA) is 57.2 Å². The molecule has 4 rings (SSSR count). The second kappa shape index (κ2) is 7.13. The van der Waals surface area contributed by atoms with Gasteiger partial charge in [0.1, 0.15) is 11.5 Å². The van der Waals surface area contributed by atoms with E-state index in [1.165, 1.54) is 6.07 Å². The highest BCUT2D eigenvalue weighted by molar-refractivity contribution is 7.17. The van der Waals surface area contributed by atoms with E-state index < -0.39 is 0 Å². The summed E-state index contributed by atoms with van der Waals surface area (Å²) in [6.07, 6.45) is 0. The van der Waals surface area contributed by atoms with Crippen LogP contribution in [0, 0.1) is 5.82 Å². The van der Waals surface area contributed by atoms with E-state index in [0.29, 0.717) is 12.2 Å². The first kappa shape index (κ1) is 17.7. The highest BCUT2D eigenvalue weighted by Crippen LogP contribution is 2.32. The van der Waals surface area contributed by atoms with Crippen LogP contribution in [-0.4, -0.2) is 17.1 Å². The van der Waals surface area contributed by atoms with Crippen LogP contribution < -0.4 is 5.73 Å². The first-order chi connectivity index (χ1) is 13.1. The van der Waals surface area contributed by atoms with E-state index in [1.807, 2.05) is 34.2 Å². The number of nitrogens with zero attached hydrogens (tertiary/aromatic N) is 1. The third-order valence-electron chi connectivity index (χ3n) is 4.69. The number of hydrogen-bond donors (Lipinski definition) is 1. The van der Waals surface area contributed by atoms with Gasteiger partial charge in [0, 0.05) is 39.6 Å². The molecule has 2 N–H and O–H groups in total. The van der Waals surface area contributed by atoms with Crippen molar-refractivity contribution >= 4 is 38.3 Å². The first-order valence-corrected chi connectivity index (χ1v) is 9.65. The van der Waals surface area contributed by atoms with Crippen LogP contribution in [0.1, 0.15) is 28.5 Å². The number of esters is 1. The molecule has 2 aromatic carbocycles. The number of halogens is 1. The van der Waals surface area contributed by atoms with Crippen molar-refractivity contribution < 1.29 is 13.9 Å². The van der Waals surface area contributed by atoms with E-state index in [-0.39, 0.29) is 24.9 Å². The number of fused-ring (bicyclic) bond motifs is 2. The van der Waals surface area contributed by atoms with Gasteiger partial charge in [-0.15, -0.1) is 11.3 Å². The van der Waals surface area contributed by atoms with E-state index in [1.54, 1.807) is 30.4 Å². The molecule has 27 heavy (non-hydrogen) atoms. The van der Waals surface area contributed by atoms with Gasteiger partial charge >= 0.3 is 5.97 Å². The quantitative estimate of drug-likeness (QED) is 0.510. The number of nitrogens with two attached hydrogens (primary N) is 1. The Balaban J connectivity index is 1.93. The zero-order valence-corrected chi connectivity index (χ0v) is 15.7. The molecule has 138 valence electrons. The molecule has 2 heterocycles. The molecule has 2 aromatic heterocycles. The van der Waals surface area contributed by atoms with E-state index in [0.717, 1.165) is 32.1 Å². The van der Waals surface area contributed by atoms with Crippen molar-refractivity contribution in [1.29, 1.82) is 0 Å². The van der Waals surface area contributed by atoms with Gasteiger partial charge in [0.05, 0.1) is 6.61 Å². The normalized spacial score (nSPS) is 11.4. The lowest BCUT2D eigenvalue weighted by atomic mass is 10.1. The van der Waals surface area contributed by atoms with Gasteiger partial charge in [-0.2, -0.15) is 0 Å². The number of carbonyl (C=O) groups excluding carboxylic acids is 1. The summed E-state index contributed by atoms with van der Waals surface area (Å²) in [4.78, 5) is 12.7. The van der Waals surface area contributed by atoms with Gasteiger partial charge in [-0.25, -0.2) is 9.18 Å². The van der Waals surface area contributed by atoms with E-state index >= 15 is 0 Å². The van der Waals surface area contributed by atoms with Crippen LogP contribution >= 0.6 is 11.3 Å². The zero-order chi connectivity index (χ0) is 19.0. The Kier molecular flexibility index (Phi) is 4.68.